The second-order valence-electron chi connectivity index (χ2n) is 2.90. The number of rotatable bonds is 2. The van der Waals surface area contributed by atoms with Gasteiger partial charge in [-0.1, -0.05) is 27.5 Å². The zero-order chi connectivity index (χ0) is 10.7. The molecule has 0 bridgehead atoms. The molecule has 0 spiro atoms. The van der Waals surface area contributed by atoms with Crippen LogP contribution in [-0.4, -0.2) is 11.9 Å². The highest BCUT2D eigenvalue weighted by molar-refractivity contribution is 9.10. The fourth-order valence-electron chi connectivity index (χ4n) is 0.837. The van der Waals surface area contributed by atoms with Crippen LogP contribution in [0.2, 0.25) is 5.02 Å². The largest absolute Gasteiger partial charge is 0.323 e. The van der Waals surface area contributed by atoms with Crippen molar-refractivity contribution in [2.24, 2.45) is 5.73 Å². The SMILES string of the molecule is C[C@H](N)C(=O)Nc1ccc(Br)cc1Cl. The van der Waals surface area contributed by atoms with Gasteiger partial charge in [0.15, 0.2) is 0 Å². The van der Waals surface area contributed by atoms with Gasteiger partial charge in [-0.3, -0.25) is 4.79 Å². The number of nitrogens with one attached hydrogen (secondary N) is 1. The zero-order valence-corrected chi connectivity index (χ0v) is 9.89. The molecule has 0 fully saturated rings. The lowest BCUT2D eigenvalue weighted by molar-refractivity contribution is -0.117. The molecule has 5 heteroatoms. The molecule has 0 aliphatic rings. The monoisotopic (exact) mass is 276 g/mol. The van der Waals surface area contributed by atoms with E-state index in [-0.39, 0.29) is 5.91 Å². The Morgan fingerprint density at radius 3 is 2.79 bits per heavy atom. The van der Waals surface area contributed by atoms with Crippen molar-refractivity contribution in [2.75, 3.05) is 5.32 Å². The Balaban J connectivity index is 2.82. The van der Waals surface area contributed by atoms with Crippen LogP contribution in [0.1, 0.15) is 6.92 Å². The molecule has 3 nitrogen and oxygen atoms in total. The predicted molar refractivity (Wildman–Crippen MR) is 61.4 cm³/mol. The minimum Gasteiger partial charge on any atom is -0.323 e. The van der Waals surface area contributed by atoms with Crippen LogP contribution in [0, 0.1) is 0 Å². The molecule has 1 amide bonds. The Morgan fingerprint density at radius 1 is 1.64 bits per heavy atom. The Labute approximate surface area is 95.7 Å². The summed E-state index contributed by atoms with van der Waals surface area (Å²) in [6.45, 7) is 1.61. The smallest absolute Gasteiger partial charge is 0.241 e. The Hall–Kier alpha value is -0.580. The van der Waals surface area contributed by atoms with Crippen molar-refractivity contribution in [3.63, 3.8) is 0 Å². The van der Waals surface area contributed by atoms with Crippen molar-refractivity contribution in [1.29, 1.82) is 0 Å². The molecule has 1 aromatic carbocycles. The molecule has 1 rings (SSSR count). The summed E-state index contributed by atoms with van der Waals surface area (Å²) in [5, 5.41) is 3.10. The van der Waals surface area contributed by atoms with Gasteiger partial charge in [0.05, 0.1) is 16.8 Å². The van der Waals surface area contributed by atoms with Gasteiger partial charge in [0.1, 0.15) is 0 Å². The summed E-state index contributed by atoms with van der Waals surface area (Å²) >= 11 is 9.16. The van der Waals surface area contributed by atoms with Crippen LogP contribution >= 0.6 is 27.5 Å². The Kier molecular flexibility index (Phi) is 3.92. The first-order valence-electron chi connectivity index (χ1n) is 4.02. The molecule has 0 aromatic heterocycles. The number of anilines is 1. The van der Waals surface area contributed by atoms with Crippen molar-refractivity contribution >= 4 is 39.1 Å². The molecule has 0 radical (unpaired) electrons. The molecule has 14 heavy (non-hydrogen) atoms. The number of carbonyl (C=O) groups excluding carboxylic acids is 1. The van der Waals surface area contributed by atoms with Crippen molar-refractivity contribution < 1.29 is 4.79 Å². The van der Waals surface area contributed by atoms with E-state index in [0.717, 1.165) is 4.47 Å². The third-order valence-corrected chi connectivity index (χ3v) is 2.41. The quantitative estimate of drug-likeness (QED) is 0.872. The molecule has 0 aliphatic heterocycles. The van der Waals surface area contributed by atoms with Crippen LogP contribution in [0.4, 0.5) is 5.69 Å². The number of amides is 1. The zero-order valence-electron chi connectivity index (χ0n) is 7.55. The van der Waals surface area contributed by atoms with Gasteiger partial charge in [0, 0.05) is 4.47 Å². The number of hydrogen-bond donors (Lipinski definition) is 2. The van der Waals surface area contributed by atoms with Crippen molar-refractivity contribution in [1.82, 2.24) is 0 Å². The lowest BCUT2D eigenvalue weighted by atomic mass is 10.3. The minimum absolute atomic E-state index is 0.255. The molecule has 1 atom stereocenters. The van der Waals surface area contributed by atoms with E-state index >= 15 is 0 Å². The lowest BCUT2D eigenvalue weighted by Crippen LogP contribution is -2.32. The van der Waals surface area contributed by atoms with Gasteiger partial charge in [-0.2, -0.15) is 0 Å². The predicted octanol–water partition coefficient (Wildman–Crippen LogP) is 2.39. The highest BCUT2D eigenvalue weighted by Gasteiger charge is 2.09. The van der Waals surface area contributed by atoms with Gasteiger partial charge >= 0.3 is 0 Å². The van der Waals surface area contributed by atoms with E-state index in [0.29, 0.717) is 10.7 Å². The van der Waals surface area contributed by atoms with Gasteiger partial charge in [-0.15, -0.1) is 0 Å². The van der Waals surface area contributed by atoms with Crippen molar-refractivity contribution in [3.05, 3.63) is 27.7 Å². The van der Waals surface area contributed by atoms with E-state index in [4.69, 9.17) is 17.3 Å². The first-order valence-corrected chi connectivity index (χ1v) is 5.19. The molecule has 0 heterocycles. The minimum atomic E-state index is -0.547. The van der Waals surface area contributed by atoms with Gasteiger partial charge in [0.2, 0.25) is 5.91 Å². The number of hydrogen-bond acceptors (Lipinski definition) is 2. The number of carbonyl (C=O) groups is 1. The van der Waals surface area contributed by atoms with Crippen molar-refractivity contribution in [3.8, 4) is 0 Å². The average Bonchev–Trinajstić information content (AvgIpc) is 2.09. The summed E-state index contributed by atoms with van der Waals surface area (Å²) in [6.07, 6.45) is 0. The van der Waals surface area contributed by atoms with E-state index in [1.54, 1.807) is 25.1 Å². The Morgan fingerprint density at radius 2 is 2.29 bits per heavy atom. The average molecular weight is 278 g/mol. The number of benzene rings is 1. The molecular formula is C9H10BrClN2O. The van der Waals surface area contributed by atoms with Gasteiger partial charge in [-0.05, 0) is 25.1 Å². The van der Waals surface area contributed by atoms with E-state index < -0.39 is 6.04 Å². The molecule has 76 valence electrons. The van der Waals surface area contributed by atoms with Gasteiger partial charge in [0.25, 0.3) is 0 Å². The maximum absolute atomic E-state index is 11.2. The third-order valence-electron chi connectivity index (χ3n) is 1.60. The first kappa shape index (κ1) is 11.5. The first-order chi connectivity index (χ1) is 6.50. The second-order valence-corrected chi connectivity index (χ2v) is 4.22. The third kappa shape index (κ3) is 2.97. The summed E-state index contributed by atoms with van der Waals surface area (Å²) in [7, 11) is 0. The van der Waals surface area contributed by atoms with Crippen LogP contribution in [0.25, 0.3) is 0 Å². The van der Waals surface area contributed by atoms with Gasteiger partial charge < -0.3 is 11.1 Å². The lowest BCUT2D eigenvalue weighted by Gasteiger charge is -2.09. The highest BCUT2D eigenvalue weighted by Crippen LogP contribution is 2.25. The molecular weight excluding hydrogens is 267 g/mol. The van der Waals surface area contributed by atoms with Crippen LogP contribution in [0.3, 0.4) is 0 Å². The van der Waals surface area contributed by atoms with Gasteiger partial charge in [-0.25, -0.2) is 0 Å². The fourth-order valence-corrected chi connectivity index (χ4v) is 1.56. The van der Waals surface area contributed by atoms with E-state index in [1.165, 1.54) is 0 Å². The van der Waals surface area contributed by atoms with E-state index in [1.807, 2.05) is 0 Å². The molecule has 0 aliphatic carbocycles. The molecule has 1 aromatic rings. The number of halogens is 2. The van der Waals surface area contributed by atoms with E-state index in [9.17, 15) is 4.79 Å². The maximum Gasteiger partial charge on any atom is 0.241 e. The standard InChI is InChI=1S/C9H10BrClN2O/c1-5(12)9(14)13-8-3-2-6(10)4-7(8)11/h2-5H,12H2,1H3,(H,13,14)/t5-/m0/s1. The summed E-state index contributed by atoms with van der Waals surface area (Å²) in [4.78, 5) is 11.2. The van der Waals surface area contributed by atoms with Crippen LogP contribution < -0.4 is 11.1 Å². The summed E-state index contributed by atoms with van der Waals surface area (Å²) in [5.74, 6) is -0.255. The summed E-state index contributed by atoms with van der Waals surface area (Å²) in [5.41, 5.74) is 5.97. The van der Waals surface area contributed by atoms with Crippen LogP contribution in [0.15, 0.2) is 22.7 Å². The van der Waals surface area contributed by atoms with Crippen molar-refractivity contribution in [2.45, 2.75) is 13.0 Å². The molecule has 0 unspecified atom stereocenters. The van der Waals surface area contributed by atoms with Crippen LogP contribution in [-0.2, 0) is 4.79 Å². The maximum atomic E-state index is 11.2. The highest BCUT2D eigenvalue weighted by atomic mass is 79.9. The molecule has 0 saturated heterocycles. The second kappa shape index (κ2) is 4.77. The number of nitrogens with two attached hydrogens (primary N) is 1. The normalized spacial score (nSPS) is 12.3. The molecule has 0 saturated carbocycles. The van der Waals surface area contributed by atoms with E-state index in [2.05, 4.69) is 21.2 Å². The molecule has 3 N–H and O–H groups in total. The summed E-state index contributed by atoms with van der Waals surface area (Å²) < 4.78 is 0.862. The summed E-state index contributed by atoms with van der Waals surface area (Å²) in [6, 6.07) is 4.67. The van der Waals surface area contributed by atoms with Crippen LogP contribution in [0.5, 0.6) is 0 Å². The fraction of sp³-hybridized carbons (Fsp3) is 0.222. The topological polar surface area (TPSA) is 55.1 Å². The Bertz CT molecular complexity index is 355.